The molecule has 0 radical (unpaired) electrons. The second kappa shape index (κ2) is 3.14. The Morgan fingerprint density at radius 3 is 2.93 bits per heavy atom. The van der Waals surface area contributed by atoms with E-state index in [-0.39, 0.29) is 0 Å². The van der Waals surface area contributed by atoms with Crippen LogP contribution in [0.1, 0.15) is 30.0 Å². The molecule has 2 heterocycles. The number of hydrogen-bond donors (Lipinski definition) is 1. The van der Waals surface area contributed by atoms with Crippen molar-refractivity contribution >= 4 is 22.9 Å². The number of alkyl halides is 1. The monoisotopic (exact) mass is 221 g/mol. The van der Waals surface area contributed by atoms with Gasteiger partial charge in [0.25, 0.3) is 0 Å². The maximum absolute atomic E-state index is 5.96. The van der Waals surface area contributed by atoms with E-state index in [4.69, 9.17) is 17.3 Å². The first-order chi connectivity index (χ1) is 7.28. The van der Waals surface area contributed by atoms with Crippen molar-refractivity contribution in [1.82, 2.24) is 9.38 Å². The molecule has 15 heavy (non-hydrogen) atoms. The summed E-state index contributed by atoms with van der Waals surface area (Å²) >= 11 is 5.75. The van der Waals surface area contributed by atoms with Gasteiger partial charge in [-0.05, 0) is 30.4 Å². The Morgan fingerprint density at radius 2 is 2.27 bits per heavy atom. The fourth-order valence-electron chi connectivity index (χ4n) is 1.90. The molecule has 1 aliphatic carbocycles. The predicted octanol–water partition coefficient (Wildman–Crippen LogP) is 2.53. The molecule has 1 saturated carbocycles. The largest absolute Gasteiger partial charge is 0.396 e. The molecule has 0 unspecified atom stereocenters. The van der Waals surface area contributed by atoms with Crippen LogP contribution in [0.5, 0.6) is 0 Å². The number of nitrogen functional groups attached to an aromatic ring is 1. The van der Waals surface area contributed by atoms with Gasteiger partial charge in [0.15, 0.2) is 5.65 Å². The van der Waals surface area contributed by atoms with E-state index in [2.05, 4.69) is 11.2 Å². The number of hydrogen-bond acceptors (Lipinski definition) is 2. The minimum atomic E-state index is 0.430. The van der Waals surface area contributed by atoms with Crippen LogP contribution < -0.4 is 5.73 Å². The number of rotatable bonds is 2. The molecule has 4 heteroatoms. The molecular formula is C11H12ClN3. The Morgan fingerprint density at radius 1 is 1.47 bits per heavy atom. The first-order valence-electron chi connectivity index (χ1n) is 5.11. The molecule has 0 spiro atoms. The molecule has 3 nitrogen and oxygen atoms in total. The standard InChI is InChI=1S/C11H12ClN3/c12-4-9-6-15-5-8(7-1-2-7)3-10(13)11(15)14-9/h3,5-7H,1-2,4,13H2. The van der Waals surface area contributed by atoms with E-state index < -0.39 is 0 Å². The molecular weight excluding hydrogens is 210 g/mol. The summed E-state index contributed by atoms with van der Waals surface area (Å²) in [4.78, 5) is 4.36. The highest BCUT2D eigenvalue weighted by molar-refractivity contribution is 6.16. The van der Waals surface area contributed by atoms with Crippen LogP contribution in [0.3, 0.4) is 0 Å². The topological polar surface area (TPSA) is 43.3 Å². The maximum Gasteiger partial charge on any atom is 0.160 e. The van der Waals surface area contributed by atoms with Gasteiger partial charge in [-0.1, -0.05) is 0 Å². The summed E-state index contributed by atoms with van der Waals surface area (Å²) in [5.41, 5.74) is 9.71. The van der Waals surface area contributed by atoms with Crippen LogP contribution in [0.15, 0.2) is 18.5 Å². The fourth-order valence-corrected chi connectivity index (χ4v) is 2.03. The van der Waals surface area contributed by atoms with Gasteiger partial charge < -0.3 is 10.1 Å². The van der Waals surface area contributed by atoms with Crippen LogP contribution in [0.4, 0.5) is 5.69 Å². The smallest absolute Gasteiger partial charge is 0.160 e. The van der Waals surface area contributed by atoms with Crippen LogP contribution in [0, 0.1) is 0 Å². The molecule has 2 N–H and O–H groups in total. The lowest BCUT2D eigenvalue weighted by atomic mass is 10.2. The molecule has 1 aliphatic rings. The van der Waals surface area contributed by atoms with Crippen molar-refractivity contribution in [2.45, 2.75) is 24.6 Å². The van der Waals surface area contributed by atoms with E-state index in [1.807, 2.05) is 16.7 Å². The number of halogens is 1. The van der Waals surface area contributed by atoms with Crippen molar-refractivity contribution in [3.05, 3.63) is 29.7 Å². The van der Waals surface area contributed by atoms with E-state index >= 15 is 0 Å². The number of anilines is 1. The maximum atomic E-state index is 5.96. The molecule has 2 aromatic heterocycles. The summed E-state index contributed by atoms with van der Waals surface area (Å²) in [7, 11) is 0. The first-order valence-corrected chi connectivity index (χ1v) is 5.64. The number of pyridine rings is 1. The van der Waals surface area contributed by atoms with Gasteiger partial charge in [0.2, 0.25) is 0 Å². The SMILES string of the molecule is Nc1cc(C2CC2)cn2cc(CCl)nc12. The second-order valence-corrected chi connectivity index (χ2v) is 4.37. The fraction of sp³-hybridized carbons (Fsp3) is 0.364. The van der Waals surface area contributed by atoms with Crippen molar-refractivity contribution in [2.75, 3.05) is 5.73 Å². The Bertz CT molecular complexity index is 514. The average Bonchev–Trinajstić information content (AvgIpc) is 2.98. The molecule has 0 aliphatic heterocycles. The molecule has 1 fully saturated rings. The number of nitrogens with zero attached hydrogens (tertiary/aromatic N) is 2. The van der Waals surface area contributed by atoms with Gasteiger partial charge in [-0.25, -0.2) is 4.98 Å². The van der Waals surface area contributed by atoms with Gasteiger partial charge in [-0.2, -0.15) is 0 Å². The highest BCUT2D eigenvalue weighted by atomic mass is 35.5. The van der Waals surface area contributed by atoms with Gasteiger partial charge in [-0.15, -0.1) is 11.6 Å². The summed E-state index contributed by atoms with van der Waals surface area (Å²) < 4.78 is 1.99. The van der Waals surface area contributed by atoms with Gasteiger partial charge in [0.05, 0.1) is 17.3 Å². The van der Waals surface area contributed by atoms with E-state index in [1.54, 1.807) is 0 Å². The van der Waals surface area contributed by atoms with E-state index in [9.17, 15) is 0 Å². The number of aromatic nitrogens is 2. The summed E-state index contributed by atoms with van der Waals surface area (Å²) in [6, 6.07) is 2.04. The van der Waals surface area contributed by atoms with Gasteiger partial charge in [0.1, 0.15) is 0 Å². The third kappa shape index (κ3) is 1.47. The van der Waals surface area contributed by atoms with Crippen LogP contribution in [-0.4, -0.2) is 9.38 Å². The van der Waals surface area contributed by atoms with Crippen molar-refractivity contribution in [3.8, 4) is 0 Å². The predicted molar refractivity (Wildman–Crippen MR) is 61.1 cm³/mol. The van der Waals surface area contributed by atoms with Gasteiger partial charge >= 0.3 is 0 Å². The lowest BCUT2D eigenvalue weighted by Gasteiger charge is -2.02. The molecule has 3 rings (SSSR count). The highest BCUT2D eigenvalue weighted by Gasteiger charge is 2.24. The van der Waals surface area contributed by atoms with Crippen LogP contribution in [0.2, 0.25) is 0 Å². The molecule has 2 aromatic rings. The Balaban J connectivity index is 2.20. The second-order valence-electron chi connectivity index (χ2n) is 4.10. The zero-order chi connectivity index (χ0) is 10.4. The van der Waals surface area contributed by atoms with Crippen LogP contribution in [0.25, 0.3) is 5.65 Å². The van der Waals surface area contributed by atoms with Crippen molar-refractivity contribution in [1.29, 1.82) is 0 Å². The normalized spacial score (nSPS) is 16.1. The lowest BCUT2D eigenvalue weighted by molar-refractivity contribution is 1.06. The summed E-state index contributed by atoms with van der Waals surface area (Å²) in [6.45, 7) is 0. The van der Waals surface area contributed by atoms with E-state index in [1.165, 1.54) is 18.4 Å². The van der Waals surface area contributed by atoms with E-state index in [0.717, 1.165) is 17.0 Å². The third-order valence-corrected chi connectivity index (χ3v) is 3.11. The Kier molecular flexibility index (Phi) is 1.89. The van der Waals surface area contributed by atoms with Crippen molar-refractivity contribution < 1.29 is 0 Å². The minimum absolute atomic E-state index is 0.430. The van der Waals surface area contributed by atoms with Crippen molar-refractivity contribution in [2.24, 2.45) is 0 Å². The number of fused-ring (bicyclic) bond motifs is 1. The summed E-state index contributed by atoms with van der Waals surface area (Å²) in [6.07, 6.45) is 6.63. The first kappa shape index (κ1) is 9.04. The van der Waals surface area contributed by atoms with Crippen molar-refractivity contribution in [3.63, 3.8) is 0 Å². The van der Waals surface area contributed by atoms with Gasteiger partial charge in [-0.3, -0.25) is 0 Å². The molecule has 0 atom stereocenters. The Labute approximate surface area is 92.9 Å². The number of imidazole rings is 1. The summed E-state index contributed by atoms with van der Waals surface area (Å²) in [5, 5.41) is 0. The van der Waals surface area contributed by atoms with E-state index in [0.29, 0.717) is 11.8 Å². The Hall–Kier alpha value is -1.22. The zero-order valence-corrected chi connectivity index (χ0v) is 9.04. The molecule has 0 aromatic carbocycles. The molecule has 0 amide bonds. The molecule has 0 saturated heterocycles. The van der Waals surface area contributed by atoms with Gasteiger partial charge in [0, 0.05) is 12.4 Å². The lowest BCUT2D eigenvalue weighted by Crippen LogP contribution is -1.95. The quantitative estimate of drug-likeness (QED) is 0.792. The zero-order valence-electron chi connectivity index (χ0n) is 8.28. The van der Waals surface area contributed by atoms with Crippen LogP contribution in [-0.2, 0) is 5.88 Å². The molecule has 78 valence electrons. The average molecular weight is 222 g/mol. The highest BCUT2D eigenvalue weighted by Crippen LogP contribution is 2.40. The molecule has 0 bridgehead atoms. The summed E-state index contributed by atoms with van der Waals surface area (Å²) in [5.74, 6) is 1.14. The minimum Gasteiger partial charge on any atom is -0.396 e. The third-order valence-electron chi connectivity index (χ3n) is 2.84. The number of nitrogens with two attached hydrogens (primary N) is 1. The van der Waals surface area contributed by atoms with Crippen LogP contribution >= 0.6 is 11.6 Å².